The second-order valence-electron chi connectivity index (χ2n) is 8.78. The van der Waals surface area contributed by atoms with Gasteiger partial charge in [-0.3, -0.25) is 9.88 Å². The SMILES string of the molecule is CC(C)c1cnnc(Nc2ccc3ncc(/C(C=N)=C/NCC(F)CN4CCOCC4)cc3n2)c1. The first-order chi connectivity index (χ1) is 17.0. The Morgan fingerprint density at radius 2 is 2.00 bits per heavy atom. The van der Waals surface area contributed by atoms with Crippen molar-refractivity contribution in [3.8, 4) is 0 Å². The van der Waals surface area contributed by atoms with Crippen molar-refractivity contribution in [1.29, 1.82) is 5.41 Å². The Morgan fingerprint density at radius 1 is 1.17 bits per heavy atom. The predicted octanol–water partition coefficient (Wildman–Crippen LogP) is 3.54. The fourth-order valence-electron chi connectivity index (χ4n) is 3.76. The molecule has 1 aliphatic heterocycles. The van der Waals surface area contributed by atoms with Gasteiger partial charge in [0.05, 0.1) is 30.4 Å². The van der Waals surface area contributed by atoms with E-state index in [0.29, 0.717) is 48.4 Å². The highest BCUT2D eigenvalue weighted by Gasteiger charge is 2.15. The van der Waals surface area contributed by atoms with Crippen LogP contribution in [0.1, 0.15) is 30.9 Å². The Hall–Kier alpha value is -3.50. The Balaban J connectivity index is 1.43. The molecule has 1 saturated heterocycles. The number of nitrogens with zero attached hydrogens (tertiary/aromatic N) is 5. The average Bonchev–Trinajstić information content (AvgIpc) is 2.87. The van der Waals surface area contributed by atoms with Gasteiger partial charge in [0, 0.05) is 55.9 Å². The summed E-state index contributed by atoms with van der Waals surface area (Å²) in [4.78, 5) is 11.2. The summed E-state index contributed by atoms with van der Waals surface area (Å²) in [6.07, 6.45) is 5.30. The van der Waals surface area contributed by atoms with Crippen LogP contribution >= 0.6 is 0 Å². The summed E-state index contributed by atoms with van der Waals surface area (Å²) >= 11 is 0. The van der Waals surface area contributed by atoms with Gasteiger partial charge in [-0.25, -0.2) is 9.37 Å². The van der Waals surface area contributed by atoms with E-state index in [9.17, 15) is 4.39 Å². The molecule has 10 heteroatoms. The molecular weight excluding hydrogens is 447 g/mol. The topological polar surface area (TPSA) is 112 Å². The molecule has 0 bridgehead atoms. The van der Waals surface area contributed by atoms with E-state index in [2.05, 4.69) is 49.5 Å². The summed E-state index contributed by atoms with van der Waals surface area (Å²) in [5.41, 5.74) is 3.79. The molecule has 4 rings (SSSR count). The molecule has 4 heterocycles. The van der Waals surface area contributed by atoms with E-state index in [4.69, 9.17) is 10.1 Å². The van der Waals surface area contributed by atoms with Gasteiger partial charge in [0.2, 0.25) is 0 Å². The Kier molecular flexibility index (Phi) is 8.27. The van der Waals surface area contributed by atoms with Crippen LogP contribution in [0.15, 0.2) is 42.9 Å². The van der Waals surface area contributed by atoms with E-state index in [1.807, 2.05) is 24.3 Å². The van der Waals surface area contributed by atoms with Crippen LogP contribution in [0.2, 0.25) is 0 Å². The van der Waals surface area contributed by atoms with Gasteiger partial charge in [-0.1, -0.05) is 13.8 Å². The van der Waals surface area contributed by atoms with E-state index in [1.54, 1.807) is 18.6 Å². The molecule has 35 heavy (non-hydrogen) atoms. The van der Waals surface area contributed by atoms with Gasteiger partial charge in [-0.15, -0.1) is 5.10 Å². The fourth-order valence-corrected chi connectivity index (χ4v) is 3.76. The van der Waals surface area contributed by atoms with Gasteiger partial charge in [0.15, 0.2) is 5.82 Å². The van der Waals surface area contributed by atoms with Crippen LogP contribution in [0, 0.1) is 5.41 Å². The van der Waals surface area contributed by atoms with Gasteiger partial charge in [-0.05, 0) is 35.7 Å². The molecule has 0 amide bonds. The smallest absolute Gasteiger partial charge is 0.154 e. The predicted molar refractivity (Wildman–Crippen MR) is 136 cm³/mol. The van der Waals surface area contributed by atoms with Crippen molar-refractivity contribution >= 4 is 34.5 Å². The van der Waals surface area contributed by atoms with Gasteiger partial charge in [0.1, 0.15) is 12.0 Å². The lowest BCUT2D eigenvalue weighted by Gasteiger charge is -2.27. The minimum absolute atomic E-state index is 0.165. The summed E-state index contributed by atoms with van der Waals surface area (Å²) in [6, 6.07) is 7.53. The van der Waals surface area contributed by atoms with Crippen LogP contribution in [-0.4, -0.2) is 76.8 Å². The minimum Gasteiger partial charge on any atom is -0.387 e. The standard InChI is InChI=1S/C25H31FN8O/c1-17(2)18-10-25(33-30-14-18)32-24-4-3-22-23(31-24)9-19(13-29-22)20(11-27)12-28-15-21(26)16-34-5-7-35-8-6-34/h3-4,9-14,17,21,27-28H,5-8,15-16H2,1-2H3,(H,31,32,33)/b20-12+,27-11?. The highest BCUT2D eigenvalue weighted by Crippen LogP contribution is 2.21. The number of hydrogen-bond acceptors (Lipinski definition) is 9. The van der Waals surface area contributed by atoms with Gasteiger partial charge in [-0.2, -0.15) is 5.10 Å². The number of nitrogens with one attached hydrogen (secondary N) is 3. The first kappa shape index (κ1) is 24.6. The lowest BCUT2D eigenvalue weighted by Crippen LogP contribution is -2.41. The van der Waals surface area contributed by atoms with E-state index < -0.39 is 6.17 Å². The number of fused-ring (bicyclic) bond motifs is 1. The molecule has 3 aromatic rings. The normalized spacial score (nSPS) is 15.8. The van der Waals surface area contributed by atoms with E-state index in [-0.39, 0.29) is 6.54 Å². The van der Waals surface area contributed by atoms with Crippen molar-refractivity contribution in [1.82, 2.24) is 30.4 Å². The van der Waals surface area contributed by atoms with Gasteiger partial charge < -0.3 is 20.8 Å². The molecule has 0 radical (unpaired) electrons. The van der Waals surface area contributed by atoms with Crippen molar-refractivity contribution in [3.63, 3.8) is 0 Å². The maximum atomic E-state index is 14.4. The molecule has 3 aromatic heterocycles. The minimum atomic E-state index is -1.02. The summed E-state index contributed by atoms with van der Waals surface area (Å²) in [7, 11) is 0. The third-order valence-electron chi connectivity index (χ3n) is 5.78. The molecule has 0 spiro atoms. The molecule has 1 atom stereocenters. The molecule has 1 unspecified atom stereocenters. The zero-order valence-corrected chi connectivity index (χ0v) is 20.0. The second-order valence-corrected chi connectivity index (χ2v) is 8.78. The van der Waals surface area contributed by atoms with Crippen molar-refractivity contribution in [2.45, 2.75) is 25.9 Å². The highest BCUT2D eigenvalue weighted by atomic mass is 19.1. The number of anilines is 2. The number of rotatable bonds is 10. The first-order valence-electron chi connectivity index (χ1n) is 11.8. The molecular formula is C25H31FN8O. The van der Waals surface area contributed by atoms with Crippen LogP contribution in [0.5, 0.6) is 0 Å². The molecule has 1 aliphatic rings. The van der Waals surface area contributed by atoms with E-state index in [0.717, 1.165) is 29.7 Å². The molecule has 1 fully saturated rings. The van der Waals surface area contributed by atoms with E-state index in [1.165, 1.54) is 6.21 Å². The van der Waals surface area contributed by atoms with Crippen LogP contribution in [0.4, 0.5) is 16.0 Å². The Morgan fingerprint density at radius 3 is 2.77 bits per heavy atom. The third kappa shape index (κ3) is 6.77. The quantitative estimate of drug-likeness (QED) is 0.380. The number of hydrogen-bond donors (Lipinski definition) is 3. The average molecular weight is 479 g/mol. The zero-order chi connectivity index (χ0) is 24.6. The second kappa shape index (κ2) is 11.8. The van der Waals surface area contributed by atoms with Crippen LogP contribution in [0.25, 0.3) is 16.6 Å². The van der Waals surface area contributed by atoms with Crippen molar-refractivity contribution in [2.75, 3.05) is 44.7 Å². The van der Waals surface area contributed by atoms with Gasteiger partial charge in [0.25, 0.3) is 0 Å². The lowest BCUT2D eigenvalue weighted by molar-refractivity contribution is 0.0274. The maximum absolute atomic E-state index is 14.4. The Labute approximate surface area is 204 Å². The number of alkyl halides is 1. The lowest BCUT2D eigenvalue weighted by atomic mass is 10.1. The number of allylic oxidation sites excluding steroid dienone is 1. The zero-order valence-electron chi connectivity index (χ0n) is 20.0. The summed E-state index contributed by atoms with van der Waals surface area (Å²) in [6.45, 7) is 7.54. The highest BCUT2D eigenvalue weighted by molar-refractivity contribution is 6.08. The largest absolute Gasteiger partial charge is 0.387 e. The molecule has 184 valence electrons. The Bertz CT molecular complexity index is 1180. The summed E-state index contributed by atoms with van der Waals surface area (Å²) in [5.74, 6) is 1.58. The molecule has 0 aliphatic carbocycles. The van der Waals surface area contributed by atoms with Crippen molar-refractivity contribution < 1.29 is 9.13 Å². The van der Waals surface area contributed by atoms with Crippen LogP contribution < -0.4 is 10.6 Å². The summed E-state index contributed by atoms with van der Waals surface area (Å²) < 4.78 is 19.7. The first-order valence-corrected chi connectivity index (χ1v) is 11.8. The number of ether oxygens (including phenoxy) is 1. The monoisotopic (exact) mass is 478 g/mol. The summed E-state index contributed by atoms with van der Waals surface area (Å²) in [5, 5.41) is 22.2. The number of halogens is 1. The number of aromatic nitrogens is 4. The molecule has 0 aromatic carbocycles. The fraction of sp³-hybridized carbons (Fsp3) is 0.400. The van der Waals surface area contributed by atoms with Gasteiger partial charge >= 0.3 is 0 Å². The molecule has 3 N–H and O–H groups in total. The third-order valence-corrected chi connectivity index (χ3v) is 5.78. The number of pyridine rings is 2. The molecule has 0 saturated carbocycles. The van der Waals surface area contributed by atoms with Crippen molar-refractivity contribution in [2.24, 2.45) is 0 Å². The number of morpholine rings is 1. The van der Waals surface area contributed by atoms with Crippen LogP contribution in [0.3, 0.4) is 0 Å². The molecule has 9 nitrogen and oxygen atoms in total. The van der Waals surface area contributed by atoms with Crippen LogP contribution in [-0.2, 0) is 4.74 Å². The van der Waals surface area contributed by atoms with Crippen molar-refractivity contribution in [3.05, 3.63) is 54.0 Å². The van der Waals surface area contributed by atoms with E-state index >= 15 is 0 Å². The maximum Gasteiger partial charge on any atom is 0.154 e.